The van der Waals surface area contributed by atoms with E-state index in [1.807, 2.05) is 18.1 Å². The third-order valence-electron chi connectivity index (χ3n) is 5.97. The minimum Gasteiger partial charge on any atom is -0.483 e. The van der Waals surface area contributed by atoms with Crippen LogP contribution >= 0.6 is 0 Å². The second kappa shape index (κ2) is 14.1. The average Bonchev–Trinajstić information content (AvgIpc) is 3.61. The number of carboxylic acid groups (broad SMARTS) is 1. The summed E-state index contributed by atoms with van der Waals surface area (Å²) in [4.78, 5) is 41.2. The van der Waals surface area contributed by atoms with Crippen LogP contribution in [0.2, 0.25) is 0 Å². The number of hydrogen-bond donors (Lipinski definition) is 6. The summed E-state index contributed by atoms with van der Waals surface area (Å²) < 4.78 is 41.7. The van der Waals surface area contributed by atoms with Crippen molar-refractivity contribution in [2.24, 2.45) is 5.73 Å². The fourth-order valence-electron chi connectivity index (χ4n) is 3.98. The Bertz CT molecular complexity index is 1530. The zero-order chi connectivity index (χ0) is 30.9. The lowest BCUT2D eigenvalue weighted by Gasteiger charge is -2.13. The summed E-state index contributed by atoms with van der Waals surface area (Å²) in [7, 11) is 0. The van der Waals surface area contributed by atoms with Gasteiger partial charge in [-0.1, -0.05) is 6.92 Å². The normalized spacial score (nSPS) is 11.8. The summed E-state index contributed by atoms with van der Waals surface area (Å²) in [6.07, 6.45) is 1.93. The average molecular weight is 590 g/mol. The van der Waals surface area contributed by atoms with Crippen molar-refractivity contribution >= 4 is 35.4 Å². The van der Waals surface area contributed by atoms with Crippen molar-refractivity contribution in [3.8, 4) is 11.3 Å². The van der Waals surface area contributed by atoms with E-state index in [0.717, 1.165) is 11.8 Å². The molecule has 4 aromatic rings. The lowest BCUT2D eigenvalue weighted by Crippen LogP contribution is -2.39. The van der Waals surface area contributed by atoms with Crippen molar-refractivity contribution in [1.29, 1.82) is 0 Å². The van der Waals surface area contributed by atoms with Gasteiger partial charge in [0.25, 0.3) is 12.4 Å². The summed E-state index contributed by atoms with van der Waals surface area (Å²) in [5, 5.41) is 21.1. The van der Waals surface area contributed by atoms with E-state index in [1.165, 1.54) is 23.0 Å². The van der Waals surface area contributed by atoms with E-state index in [0.29, 0.717) is 48.6 Å². The van der Waals surface area contributed by atoms with Crippen LogP contribution in [0.25, 0.3) is 16.9 Å². The lowest BCUT2D eigenvalue weighted by molar-refractivity contribution is -0.140. The van der Waals surface area contributed by atoms with E-state index in [2.05, 4.69) is 31.0 Å². The number of nitrogens with one attached hydrogen (secondary N) is 4. The molecule has 16 heteroatoms. The molecule has 3 heterocycles. The summed E-state index contributed by atoms with van der Waals surface area (Å²) in [5.41, 5.74) is 6.85. The van der Waals surface area contributed by atoms with Crippen molar-refractivity contribution in [1.82, 2.24) is 35.2 Å². The van der Waals surface area contributed by atoms with Crippen LogP contribution in [0.1, 0.15) is 41.9 Å². The molecule has 0 saturated carbocycles. The van der Waals surface area contributed by atoms with Gasteiger partial charge in [-0.25, -0.2) is 9.97 Å². The Hall–Kier alpha value is -4.99. The smallest absolute Gasteiger partial charge is 0.433 e. The van der Waals surface area contributed by atoms with E-state index in [9.17, 15) is 22.8 Å². The lowest BCUT2D eigenvalue weighted by atomic mass is 10.0. The number of imidazole rings is 1. The van der Waals surface area contributed by atoms with Crippen molar-refractivity contribution in [2.45, 2.75) is 38.9 Å². The molecule has 0 bridgehead atoms. The van der Waals surface area contributed by atoms with Gasteiger partial charge in [0, 0.05) is 36.7 Å². The number of carbonyl (C=O) groups excluding carboxylic acids is 2. The Morgan fingerprint density at radius 3 is 2.57 bits per heavy atom. The first kappa shape index (κ1) is 31.5. The number of rotatable bonds is 10. The Balaban J connectivity index is 0.00000155. The van der Waals surface area contributed by atoms with Gasteiger partial charge < -0.3 is 26.8 Å². The van der Waals surface area contributed by atoms with E-state index >= 15 is 0 Å². The van der Waals surface area contributed by atoms with Crippen LogP contribution in [-0.2, 0) is 22.2 Å². The van der Waals surface area contributed by atoms with Crippen LogP contribution in [0.3, 0.4) is 0 Å². The van der Waals surface area contributed by atoms with Gasteiger partial charge in [-0.2, -0.15) is 18.3 Å². The molecule has 0 aliphatic heterocycles. The van der Waals surface area contributed by atoms with Crippen LogP contribution in [0.4, 0.5) is 24.7 Å². The SMILES string of the molecule is CCc1cc(Nc2nccn3c(-c4cn[nH]c4C(F)(F)F)cnc23)ccc1C(=O)NCCCNC(=O)[C@@H](C)N.O=CO. The minimum atomic E-state index is -4.60. The number of benzene rings is 1. The molecule has 13 nitrogen and oxygen atoms in total. The maximum Gasteiger partial charge on any atom is 0.433 e. The first-order valence-corrected chi connectivity index (χ1v) is 12.7. The summed E-state index contributed by atoms with van der Waals surface area (Å²) in [6, 6.07) is 4.62. The Kier molecular flexibility index (Phi) is 10.6. The van der Waals surface area contributed by atoms with Gasteiger partial charge in [-0.3, -0.25) is 23.9 Å². The number of amides is 2. The monoisotopic (exact) mass is 589 g/mol. The van der Waals surface area contributed by atoms with Crippen LogP contribution in [-0.4, -0.2) is 67.1 Å². The molecule has 0 saturated heterocycles. The molecule has 1 aromatic carbocycles. The van der Waals surface area contributed by atoms with Crippen LogP contribution < -0.4 is 21.7 Å². The van der Waals surface area contributed by atoms with Gasteiger partial charge in [0.15, 0.2) is 11.5 Å². The predicted octanol–water partition coefficient (Wildman–Crippen LogP) is 2.73. The molecule has 0 aliphatic carbocycles. The summed E-state index contributed by atoms with van der Waals surface area (Å²) in [6.45, 7) is 4.04. The summed E-state index contributed by atoms with van der Waals surface area (Å²) >= 11 is 0. The highest BCUT2D eigenvalue weighted by Crippen LogP contribution is 2.36. The number of alkyl halides is 3. The standard InChI is InChI=1S/C25H28F3N9O2.CH2O2/c1-3-15-11-16(5-6-17(15)24(39)32-8-4-7-31-23(38)14(2)29)35-21-22-33-13-19(37(22)10-9-30-21)18-12-34-36-20(18)25(26,27)28;2-1-3/h5-6,9-14H,3-4,7-8,29H2,1-2H3,(H,30,35)(H,31,38)(H,32,39)(H,34,36);1H,(H,2,3)/t14-;/m1./s1. The fourth-order valence-corrected chi connectivity index (χ4v) is 3.98. The zero-order valence-corrected chi connectivity index (χ0v) is 22.7. The number of carbonyl (C=O) groups is 3. The van der Waals surface area contributed by atoms with E-state index in [4.69, 9.17) is 15.6 Å². The Morgan fingerprint density at radius 1 is 1.19 bits per heavy atom. The molecule has 2 amide bonds. The molecule has 0 fully saturated rings. The number of halogens is 3. The number of hydrogen-bond acceptors (Lipinski definition) is 8. The number of anilines is 2. The molecule has 224 valence electrons. The van der Waals surface area contributed by atoms with Gasteiger partial charge in [-0.05, 0) is 43.5 Å². The molecule has 0 unspecified atom stereocenters. The molecule has 4 rings (SSSR count). The third kappa shape index (κ3) is 7.60. The highest BCUT2D eigenvalue weighted by molar-refractivity contribution is 5.96. The predicted molar refractivity (Wildman–Crippen MR) is 147 cm³/mol. The number of aryl methyl sites for hydroxylation is 1. The largest absolute Gasteiger partial charge is 0.483 e. The topological polar surface area (TPSA) is 192 Å². The number of nitrogens with two attached hydrogens (primary N) is 1. The summed E-state index contributed by atoms with van der Waals surface area (Å²) in [5.74, 6) is -0.161. The molecule has 1 atom stereocenters. The van der Waals surface area contributed by atoms with Crippen LogP contribution in [0.5, 0.6) is 0 Å². The van der Waals surface area contributed by atoms with Gasteiger partial charge in [0.2, 0.25) is 5.91 Å². The van der Waals surface area contributed by atoms with Gasteiger partial charge in [0.1, 0.15) is 5.69 Å². The van der Waals surface area contributed by atoms with Crippen molar-refractivity contribution in [3.05, 3.63) is 59.8 Å². The maximum atomic E-state index is 13.4. The van der Waals surface area contributed by atoms with Crippen molar-refractivity contribution < 1.29 is 32.7 Å². The molecule has 3 aromatic heterocycles. The second-order valence-electron chi connectivity index (χ2n) is 8.91. The molecule has 0 radical (unpaired) electrons. The molecule has 7 N–H and O–H groups in total. The maximum absolute atomic E-state index is 13.4. The van der Waals surface area contributed by atoms with E-state index < -0.39 is 17.9 Å². The highest BCUT2D eigenvalue weighted by Gasteiger charge is 2.36. The molecule has 42 heavy (non-hydrogen) atoms. The zero-order valence-electron chi connectivity index (χ0n) is 22.7. The first-order valence-electron chi connectivity index (χ1n) is 12.7. The van der Waals surface area contributed by atoms with Gasteiger partial charge in [0.05, 0.1) is 29.7 Å². The minimum absolute atomic E-state index is 0.132. The van der Waals surface area contributed by atoms with Crippen molar-refractivity contribution in [3.63, 3.8) is 0 Å². The quantitative estimate of drug-likeness (QED) is 0.119. The Morgan fingerprint density at radius 2 is 1.90 bits per heavy atom. The molecule has 0 aliphatic rings. The Labute approximate surface area is 237 Å². The van der Waals surface area contributed by atoms with E-state index in [-0.39, 0.29) is 29.5 Å². The first-order chi connectivity index (χ1) is 20.0. The second-order valence-corrected chi connectivity index (χ2v) is 8.91. The van der Waals surface area contributed by atoms with E-state index in [1.54, 1.807) is 19.1 Å². The number of aromatic nitrogens is 5. The fraction of sp³-hybridized carbons (Fsp3) is 0.308. The highest BCUT2D eigenvalue weighted by atomic mass is 19.4. The number of nitrogens with zero attached hydrogens (tertiary/aromatic N) is 4. The third-order valence-corrected chi connectivity index (χ3v) is 5.97. The van der Waals surface area contributed by atoms with Crippen LogP contribution in [0.15, 0.2) is 43.0 Å². The number of H-pyrrole nitrogens is 1. The van der Waals surface area contributed by atoms with Gasteiger partial charge in [-0.15, -0.1) is 0 Å². The number of fused-ring (bicyclic) bond motifs is 1. The number of aromatic amines is 1. The van der Waals surface area contributed by atoms with Crippen molar-refractivity contribution in [2.75, 3.05) is 18.4 Å². The molecular formula is C26H30F3N9O4. The molecular weight excluding hydrogens is 559 g/mol. The van der Waals surface area contributed by atoms with Gasteiger partial charge >= 0.3 is 6.18 Å². The van der Waals surface area contributed by atoms with Crippen LogP contribution in [0, 0.1) is 0 Å². The molecule has 0 spiro atoms.